The van der Waals surface area contributed by atoms with Crippen molar-refractivity contribution in [3.8, 4) is 0 Å². The van der Waals surface area contributed by atoms with Gasteiger partial charge in [0.25, 0.3) is 0 Å². The molecule has 0 radical (unpaired) electrons. The van der Waals surface area contributed by atoms with Crippen molar-refractivity contribution in [2.45, 2.75) is 38.1 Å². The zero-order chi connectivity index (χ0) is 14.3. The normalized spacial score (nSPS) is 20.5. The largest absolute Gasteiger partial charge is 0.480 e. The number of nitrogens with two attached hydrogens (primary N) is 1. The average Bonchev–Trinajstić information content (AvgIpc) is 2.36. The second-order valence-corrected chi connectivity index (χ2v) is 4.88. The van der Waals surface area contributed by atoms with Crippen LogP contribution in [0.2, 0.25) is 0 Å². The van der Waals surface area contributed by atoms with Gasteiger partial charge in [-0.1, -0.05) is 0 Å². The van der Waals surface area contributed by atoms with Crippen LogP contribution in [0.15, 0.2) is 0 Å². The summed E-state index contributed by atoms with van der Waals surface area (Å²) in [6, 6.07) is -1.23. The molecule has 0 aromatic heterocycles. The molecule has 0 aliphatic carbocycles. The fraction of sp³-hybridized carbons (Fsp3) is 0.750. The number of carbonyl (C=O) groups excluding carboxylic acids is 2. The highest BCUT2D eigenvalue weighted by Gasteiger charge is 2.22. The molecule has 108 valence electrons. The van der Waals surface area contributed by atoms with E-state index in [1.165, 1.54) is 0 Å². The maximum Gasteiger partial charge on any atom is 0.326 e. The average molecular weight is 271 g/mol. The summed E-state index contributed by atoms with van der Waals surface area (Å²) in [5, 5.41) is 14.4. The van der Waals surface area contributed by atoms with E-state index in [2.05, 4.69) is 10.6 Å². The third-order valence-electron chi connectivity index (χ3n) is 3.22. The van der Waals surface area contributed by atoms with Crippen LogP contribution >= 0.6 is 0 Å². The minimum atomic E-state index is -1.24. The van der Waals surface area contributed by atoms with E-state index >= 15 is 0 Å². The highest BCUT2D eigenvalue weighted by molar-refractivity contribution is 5.88. The molecule has 5 N–H and O–H groups in total. The number of rotatable bonds is 7. The zero-order valence-electron chi connectivity index (χ0n) is 10.9. The molecule has 0 aromatic rings. The minimum absolute atomic E-state index is 0.273. The Morgan fingerprint density at radius 2 is 2.16 bits per heavy atom. The van der Waals surface area contributed by atoms with Crippen molar-refractivity contribution in [2.75, 3.05) is 13.1 Å². The van der Waals surface area contributed by atoms with Crippen LogP contribution in [0.25, 0.3) is 0 Å². The predicted molar refractivity (Wildman–Crippen MR) is 68.2 cm³/mol. The van der Waals surface area contributed by atoms with Gasteiger partial charge >= 0.3 is 5.97 Å². The van der Waals surface area contributed by atoms with E-state index < -0.39 is 17.9 Å². The Kier molecular flexibility index (Phi) is 6.27. The van der Waals surface area contributed by atoms with Crippen LogP contribution in [0.1, 0.15) is 32.1 Å². The summed E-state index contributed by atoms with van der Waals surface area (Å²) < 4.78 is 0. The van der Waals surface area contributed by atoms with Crippen LogP contribution in [0.3, 0.4) is 0 Å². The van der Waals surface area contributed by atoms with Crippen LogP contribution in [0, 0.1) is 5.92 Å². The van der Waals surface area contributed by atoms with E-state index in [1.807, 2.05) is 0 Å². The highest BCUT2D eigenvalue weighted by Crippen LogP contribution is 2.15. The first-order chi connectivity index (χ1) is 8.99. The van der Waals surface area contributed by atoms with Gasteiger partial charge in [0, 0.05) is 6.42 Å². The number of amides is 2. The summed E-state index contributed by atoms with van der Waals surface area (Å²) in [4.78, 5) is 33.2. The van der Waals surface area contributed by atoms with Crippen molar-refractivity contribution in [3.63, 3.8) is 0 Å². The number of hydrogen-bond donors (Lipinski definition) is 4. The maximum absolute atomic E-state index is 11.6. The van der Waals surface area contributed by atoms with Crippen LogP contribution in [-0.2, 0) is 14.4 Å². The lowest BCUT2D eigenvalue weighted by molar-refractivity contribution is -0.143. The SMILES string of the molecule is NC(=O)C[C@H](NC(=O)CCC1CCCNC1)C(=O)O. The maximum atomic E-state index is 11.6. The summed E-state index contributed by atoms with van der Waals surface area (Å²) in [6.07, 6.45) is 2.80. The predicted octanol–water partition coefficient (Wildman–Crippen LogP) is -0.789. The molecule has 2 amide bonds. The Bertz CT molecular complexity index is 340. The molecule has 0 saturated carbocycles. The molecule has 1 fully saturated rings. The van der Waals surface area contributed by atoms with Gasteiger partial charge in [0.2, 0.25) is 11.8 Å². The number of carbonyl (C=O) groups is 3. The second-order valence-electron chi connectivity index (χ2n) is 4.88. The number of hydrogen-bond acceptors (Lipinski definition) is 4. The Morgan fingerprint density at radius 3 is 2.68 bits per heavy atom. The van der Waals surface area contributed by atoms with Crippen LogP contribution in [0.5, 0.6) is 0 Å². The Morgan fingerprint density at radius 1 is 1.42 bits per heavy atom. The zero-order valence-corrected chi connectivity index (χ0v) is 10.9. The Hall–Kier alpha value is -1.63. The molecule has 1 heterocycles. The number of primary amides is 1. The Labute approximate surface area is 111 Å². The number of piperidine rings is 1. The Balaban J connectivity index is 2.31. The van der Waals surface area contributed by atoms with Crippen molar-refractivity contribution in [1.29, 1.82) is 0 Å². The fourth-order valence-electron chi connectivity index (χ4n) is 2.17. The van der Waals surface area contributed by atoms with Crippen LogP contribution in [0.4, 0.5) is 0 Å². The quantitative estimate of drug-likeness (QED) is 0.483. The monoisotopic (exact) mass is 271 g/mol. The lowest BCUT2D eigenvalue weighted by atomic mass is 9.94. The van der Waals surface area contributed by atoms with Crippen molar-refractivity contribution >= 4 is 17.8 Å². The van der Waals surface area contributed by atoms with Gasteiger partial charge in [-0.05, 0) is 38.3 Å². The van der Waals surface area contributed by atoms with Gasteiger partial charge in [0.05, 0.1) is 6.42 Å². The summed E-state index contributed by atoms with van der Waals surface area (Å²) in [6.45, 7) is 1.92. The number of carboxylic acids is 1. The van der Waals surface area contributed by atoms with E-state index in [-0.39, 0.29) is 18.7 Å². The molecule has 1 saturated heterocycles. The first-order valence-electron chi connectivity index (χ1n) is 6.50. The molecule has 1 rings (SSSR count). The van der Waals surface area contributed by atoms with Gasteiger partial charge in [-0.25, -0.2) is 4.79 Å². The molecular weight excluding hydrogens is 250 g/mol. The molecule has 1 aliphatic rings. The van der Waals surface area contributed by atoms with Gasteiger partial charge in [-0.15, -0.1) is 0 Å². The topological polar surface area (TPSA) is 122 Å². The fourth-order valence-corrected chi connectivity index (χ4v) is 2.17. The summed E-state index contributed by atoms with van der Waals surface area (Å²) >= 11 is 0. The first kappa shape index (κ1) is 15.4. The summed E-state index contributed by atoms with van der Waals surface area (Å²) in [5.41, 5.74) is 4.94. The lowest BCUT2D eigenvalue weighted by Crippen LogP contribution is -2.43. The molecule has 1 aliphatic heterocycles. The molecule has 0 spiro atoms. The van der Waals surface area contributed by atoms with E-state index in [0.29, 0.717) is 5.92 Å². The second kappa shape index (κ2) is 7.73. The van der Waals surface area contributed by atoms with Crippen molar-refractivity contribution < 1.29 is 19.5 Å². The highest BCUT2D eigenvalue weighted by atomic mass is 16.4. The van der Waals surface area contributed by atoms with Gasteiger partial charge in [-0.2, -0.15) is 0 Å². The third-order valence-corrected chi connectivity index (χ3v) is 3.22. The van der Waals surface area contributed by atoms with Crippen LogP contribution < -0.4 is 16.4 Å². The van der Waals surface area contributed by atoms with Crippen LogP contribution in [-0.4, -0.2) is 42.0 Å². The standard InChI is InChI=1S/C12H21N3O4/c13-10(16)6-9(12(18)19)15-11(17)4-3-8-2-1-5-14-7-8/h8-9,14H,1-7H2,(H2,13,16)(H,15,17)(H,18,19)/t8?,9-/m0/s1. The van der Waals surface area contributed by atoms with Gasteiger partial charge in [0.1, 0.15) is 6.04 Å². The molecule has 1 unspecified atom stereocenters. The summed E-state index contributed by atoms with van der Waals surface area (Å²) in [5.74, 6) is -1.88. The smallest absolute Gasteiger partial charge is 0.326 e. The molecule has 7 heteroatoms. The molecular formula is C12H21N3O4. The minimum Gasteiger partial charge on any atom is -0.480 e. The number of aliphatic carboxylic acids is 1. The lowest BCUT2D eigenvalue weighted by Gasteiger charge is -2.22. The molecule has 2 atom stereocenters. The third kappa shape index (κ3) is 6.19. The van der Waals surface area contributed by atoms with Gasteiger partial charge in [-0.3, -0.25) is 9.59 Å². The molecule has 0 aromatic carbocycles. The van der Waals surface area contributed by atoms with Gasteiger partial charge < -0.3 is 21.5 Å². The van der Waals surface area contributed by atoms with E-state index in [9.17, 15) is 14.4 Å². The van der Waals surface area contributed by atoms with Gasteiger partial charge in [0.15, 0.2) is 0 Å². The summed E-state index contributed by atoms with van der Waals surface area (Å²) in [7, 11) is 0. The van der Waals surface area contributed by atoms with Crippen molar-refractivity contribution in [2.24, 2.45) is 11.7 Å². The molecule has 19 heavy (non-hydrogen) atoms. The van der Waals surface area contributed by atoms with E-state index in [0.717, 1.165) is 32.4 Å². The molecule has 7 nitrogen and oxygen atoms in total. The van der Waals surface area contributed by atoms with E-state index in [4.69, 9.17) is 10.8 Å². The molecule has 0 bridgehead atoms. The number of nitrogens with one attached hydrogen (secondary N) is 2. The first-order valence-corrected chi connectivity index (χ1v) is 6.50. The van der Waals surface area contributed by atoms with Crippen molar-refractivity contribution in [3.05, 3.63) is 0 Å². The number of carboxylic acid groups (broad SMARTS) is 1. The van der Waals surface area contributed by atoms with E-state index in [1.54, 1.807) is 0 Å². The van der Waals surface area contributed by atoms with Crippen molar-refractivity contribution in [1.82, 2.24) is 10.6 Å².